The maximum Gasteiger partial charge on any atom is 0.409 e. The van der Waals surface area contributed by atoms with Gasteiger partial charge in [0, 0.05) is 38.3 Å². The number of phenols is 1. The van der Waals surface area contributed by atoms with Gasteiger partial charge in [0.05, 0.1) is 6.61 Å². The molecular formula is C15H22N2O3. The summed E-state index contributed by atoms with van der Waals surface area (Å²) in [5.74, 6) is 0.375. The number of rotatable bonds is 3. The predicted octanol–water partition coefficient (Wildman–Crippen LogP) is 1.97. The molecule has 0 atom stereocenters. The van der Waals surface area contributed by atoms with Gasteiger partial charge in [-0.1, -0.05) is 18.2 Å². The van der Waals surface area contributed by atoms with Crippen LogP contribution in [0.25, 0.3) is 0 Å². The first-order chi connectivity index (χ1) is 9.61. The molecule has 1 N–H and O–H groups in total. The molecule has 0 spiro atoms. The molecule has 1 heterocycles. The van der Waals surface area contributed by atoms with Gasteiger partial charge in [-0.25, -0.2) is 4.79 Å². The Bertz CT molecular complexity index is 468. The van der Waals surface area contributed by atoms with Gasteiger partial charge in [0.2, 0.25) is 0 Å². The number of benzene rings is 1. The molecule has 1 amide bonds. The smallest absolute Gasteiger partial charge is 0.409 e. The molecule has 0 saturated carbocycles. The number of piperazine rings is 1. The lowest BCUT2D eigenvalue weighted by Crippen LogP contribution is -2.48. The Labute approximate surface area is 119 Å². The Hall–Kier alpha value is -1.75. The van der Waals surface area contributed by atoms with Crippen LogP contribution < -0.4 is 0 Å². The second-order valence-corrected chi connectivity index (χ2v) is 5.04. The highest BCUT2D eigenvalue weighted by Gasteiger charge is 2.22. The molecule has 1 aliphatic heterocycles. The van der Waals surface area contributed by atoms with E-state index in [-0.39, 0.29) is 6.09 Å². The predicted molar refractivity (Wildman–Crippen MR) is 76.7 cm³/mol. The standard InChI is InChI=1S/C15H22N2O3/c1-3-20-15(19)17-9-7-16(8-10-17)11-13-6-4-5-12(2)14(13)18/h4-6,18H,3,7-11H2,1-2H3. The summed E-state index contributed by atoms with van der Waals surface area (Å²) in [5.41, 5.74) is 1.84. The minimum Gasteiger partial charge on any atom is -0.507 e. The summed E-state index contributed by atoms with van der Waals surface area (Å²) in [4.78, 5) is 15.6. The number of hydrogen-bond acceptors (Lipinski definition) is 4. The van der Waals surface area contributed by atoms with Crippen LogP contribution in [0.2, 0.25) is 0 Å². The van der Waals surface area contributed by atoms with Crippen molar-refractivity contribution in [3.05, 3.63) is 29.3 Å². The van der Waals surface area contributed by atoms with Gasteiger partial charge in [0.25, 0.3) is 0 Å². The van der Waals surface area contributed by atoms with E-state index in [2.05, 4.69) is 4.90 Å². The van der Waals surface area contributed by atoms with Gasteiger partial charge in [0.1, 0.15) is 5.75 Å². The van der Waals surface area contributed by atoms with Crippen molar-refractivity contribution in [2.75, 3.05) is 32.8 Å². The van der Waals surface area contributed by atoms with Crippen LogP contribution in [0, 0.1) is 6.92 Å². The second-order valence-electron chi connectivity index (χ2n) is 5.04. The van der Waals surface area contributed by atoms with Gasteiger partial charge in [0.15, 0.2) is 0 Å². The molecule has 110 valence electrons. The number of aromatic hydroxyl groups is 1. The lowest BCUT2D eigenvalue weighted by molar-refractivity contribution is 0.0776. The van der Waals surface area contributed by atoms with E-state index in [1.54, 1.807) is 4.90 Å². The molecule has 1 aromatic rings. The summed E-state index contributed by atoms with van der Waals surface area (Å²) >= 11 is 0. The summed E-state index contributed by atoms with van der Waals surface area (Å²) < 4.78 is 5.00. The Morgan fingerprint density at radius 2 is 2.00 bits per heavy atom. The van der Waals surface area contributed by atoms with Crippen LogP contribution >= 0.6 is 0 Å². The average molecular weight is 278 g/mol. The van der Waals surface area contributed by atoms with E-state index in [0.717, 1.165) is 24.2 Å². The van der Waals surface area contributed by atoms with Gasteiger partial charge in [-0.05, 0) is 19.4 Å². The van der Waals surface area contributed by atoms with Gasteiger partial charge in [-0.2, -0.15) is 0 Å². The van der Waals surface area contributed by atoms with Crippen molar-refractivity contribution in [3.8, 4) is 5.75 Å². The minimum absolute atomic E-state index is 0.231. The molecule has 0 unspecified atom stereocenters. The largest absolute Gasteiger partial charge is 0.507 e. The van der Waals surface area contributed by atoms with Crippen LogP contribution in [-0.2, 0) is 11.3 Å². The lowest BCUT2D eigenvalue weighted by Gasteiger charge is -2.34. The molecule has 2 rings (SSSR count). The summed E-state index contributed by atoms with van der Waals surface area (Å²) in [6.07, 6.45) is -0.231. The van der Waals surface area contributed by atoms with E-state index in [4.69, 9.17) is 4.74 Å². The highest BCUT2D eigenvalue weighted by atomic mass is 16.6. The SMILES string of the molecule is CCOC(=O)N1CCN(Cc2cccc(C)c2O)CC1. The fraction of sp³-hybridized carbons (Fsp3) is 0.533. The first-order valence-electron chi connectivity index (χ1n) is 7.03. The van der Waals surface area contributed by atoms with E-state index in [0.29, 0.717) is 32.0 Å². The number of carbonyl (C=O) groups excluding carboxylic acids is 1. The van der Waals surface area contributed by atoms with Crippen molar-refractivity contribution < 1.29 is 14.6 Å². The van der Waals surface area contributed by atoms with Crippen LogP contribution in [-0.4, -0.2) is 53.8 Å². The zero-order valence-electron chi connectivity index (χ0n) is 12.1. The van der Waals surface area contributed by atoms with Crippen LogP contribution in [0.4, 0.5) is 4.79 Å². The summed E-state index contributed by atoms with van der Waals surface area (Å²) in [7, 11) is 0. The third kappa shape index (κ3) is 3.42. The van der Waals surface area contributed by atoms with E-state index in [1.807, 2.05) is 32.0 Å². The molecule has 1 aliphatic rings. The molecule has 1 aromatic carbocycles. The lowest BCUT2D eigenvalue weighted by atomic mass is 10.1. The maximum absolute atomic E-state index is 11.6. The first kappa shape index (κ1) is 14.7. The van der Waals surface area contributed by atoms with Crippen molar-refractivity contribution in [2.45, 2.75) is 20.4 Å². The maximum atomic E-state index is 11.6. The van der Waals surface area contributed by atoms with Crippen LogP contribution in [0.15, 0.2) is 18.2 Å². The second kappa shape index (κ2) is 6.61. The fourth-order valence-corrected chi connectivity index (χ4v) is 2.39. The molecular weight excluding hydrogens is 256 g/mol. The minimum atomic E-state index is -0.231. The van der Waals surface area contributed by atoms with Crippen molar-refractivity contribution in [1.82, 2.24) is 9.80 Å². The summed E-state index contributed by atoms with van der Waals surface area (Å²) in [6.45, 7) is 7.78. The third-order valence-electron chi connectivity index (χ3n) is 3.61. The summed E-state index contributed by atoms with van der Waals surface area (Å²) in [5, 5.41) is 10.0. The number of nitrogens with zero attached hydrogens (tertiary/aromatic N) is 2. The van der Waals surface area contributed by atoms with Crippen LogP contribution in [0.3, 0.4) is 0 Å². The number of hydrogen-bond donors (Lipinski definition) is 1. The summed E-state index contributed by atoms with van der Waals surface area (Å²) in [6, 6.07) is 5.80. The zero-order chi connectivity index (χ0) is 14.5. The highest BCUT2D eigenvalue weighted by Crippen LogP contribution is 2.23. The number of amides is 1. The number of phenolic OH excluding ortho intramolecular Hbond substituents is 1. The Morgan fingerprint density at radius 1 is 1.30 bits per heavy atom. The van der Waals surface area contributed by atoms with E-state index >= 15 is 0 Å². The average Bonchev–Trinajstić information content (AvgIpc) is 2.45. The number of aryl methyl sites for hydroxylation is 1. The van der Waals surface area contributed by atoms with Crippen molar-refractivity contribution >= 4 is 6.09 Å². The number of carbonyl (C=O) groups is 1. The van der Waals surface area contributed by atoms with Gasteiger partial charge in [-0.3, -0.25) is 4.90 Å². The van der Waals surface area contributed by atoms with Crippen molar-refractivity contribution in [3.63, 3.8) is 0 Å². The normalized spacial score (nSPS) is 16.2. The molecule has 0 aliphatic carbocycles. The fourth-order valence-electron chi connectivity index (χ4n) is 2.39. The Balaban J connectivity index is 1.88. The zero-order valence-corrected chi connectivity index (χ0v) is 12.1. The molecule has 20 heavy (non-hydrogen) atoms. The molecule has 0 radical (unpaired) electrons. The van der Waals surface area contributed by atoms with Crippen molar-refractivity contribution in [1.29, 1.82) is 0 Å². The van der Waals surface area contributed by atoms with E-state index in [1.165, 1.54) is 0 Å². The van der Waals surface area contributed by atoms with Crippen LogP contribution in [0.5, 0.6) is 5.75 Å². The monoisotopic (exact) mass is 278 g/mol. The first-order valence-corrected chi connectivity index (χ1v) is 7.03. The third-order valence-corrected chi connectivity index (χ3v) is 3.61. The van der Waals surface area contributed by atoms with Gasteiger partial charge < -0.3 is 14.7 Å². The molecule has 0 aromatic heterocycles. The molecule has 1 fully saturated rings. The molecule has 5 nitrogen and oxygen atoms in total. The number of para-hydroxylation sites is 1. The van der Waals surface area contributed by atoms with Gasteiger partial charge >= 0.3 is 6.09 Å². The Kier molecular flexibility index (Phi) is 4.84. The van der Waals surface area contributed by atoms with Crippen molar-refractivity contribution in [2.24, 2.45) is 0 Å². The number of ether oxygens (including phenoxy) is 1. The topological polar surface area (TPSA) is 53.0 Å². The van der Waals surface area contributed by atoms with E-state index < -0.39 is 0 Å². The quantitative estimate of drug-likeness (QED) is 0.918. The Morgan fingerprint density at radius 3 is 2.65 bits per heavy atom. The van der Waals surface area contributed by atoms with Crippen LogP contribution in [0.1, 0.15) is 18.1 Å². The molecule has 5 heteroatoms. The highest BCUT2D eigenvalue weighted by molar-refractivity contribution is 5.67. The molecule has 1 saturated heterocycles. The van der Waals surface area contributed by atoms with Gasteiger partial charge in [-0.15, -0.1) is 0 Å². The molecule has 0 bridgehead atoms. The van der Waals surface area contributed by atoms with E-state index in [9.17, 15) is 9.90 Å².